The number of aromatic nitrogens is 6. The summed E-state index contributed by atoms with van der Waals surface area (Å²) in [5.41, 5.74) is 6.41. The molecule has 6 aromatic carbocycles. The van der Waals surface area contributed by atoms with E-state index in [1.165, 1.54) is 0 Å². The maximum absolute atomic E-state index is 15.5. The lowest BCUT2D eigenvalue weighted by Gasteiger charge is -2.32. The molecule has 2 aliphatic rings. The fourth-order valence-electron chi connectivity index (χ4n) is 7.57. The first-order valence-electron chi connectivity index (χ1n) is 17.8. The Morgan fingerprint density at radius 1 is 0.566 bits per heavy atom. The molecule has 8 aromatic rings. The summed E-state index contributed by atoms with van der Waals surface area (Å²) >= 11 is 0. The van der Waals surface area contributed by atoms with Gasteiger partial charge in [0, 0.05) is 24.2 Å². The van der Waals surface area contributed by atoms with Gasteiger partial charge in [-0.1, -0.05) is 120 Å². The van der Waals surface area contributed by atoms with Gasteiger partial charge in [0.1, 0.15) is 11.4 Å². The molecule has 2 aromatic heterocycles. The molecule has 10 nitrogen and oxygen atoms in total. The highest BCUT2D eigenvalue weighted by Gasteiger charge is 2.49. The Morgan fingerprint density at radius 3 is 1.47 bits per heavy atom. The lowest BCUT2D eigenvalue weighted by molar-refractivity contribution is -0.216. The predicted octanol–water partition coefficient (Wildman–Crippen LogP) is 8.18. The number of hydrogen-bond donors (Lipinski definition) is 0. The zero-order chi connectivity index (χ0) is 35.4. The highest BCUT2D eigenvalue weighted by Crippen LogP contribution is 2.66. The molecule has 0 bridgehead atoms. The highest BCUT2D eigenvalue weighted by atomic mass is 31.2. The molecule has 0 aliphatic carbocycles. The van der Waals surface area contributed by atoms with Crippen LogP contribution in [-0.2, 0) is 13.1 Å². The van der Waals surface area contributed by atoms with Crippen molar-refractivity contribution < 1.29 is 13.9 Å². The minimum Gasteiger partial charge on any atom is -0.601 e. The zero-order valence-electron chi connectivity index (χ0n) is 28.7. The van der Waals surface area contributed by atoms with Gasteiger partial charge in [0.25, 0.3) is 0 Å². The molecule has 53 heavy (non-hydrogen) atoms. The molecule has 0 N–H and O–H groups in total. The average molecular weight is 716 g/mol. The first-order chi connectivity index (χ1) is 26.1. The van der Waals surface area contributed by atoms with E-state index in [9.17, 15) is 0 Å². The first-order valence-corrected chi connectivity index (χ1v) is 19.3. The molecular formula is C42H34N7O3P. The van der Waals surface area contributed by atoms with Crippen molar-refractivity contribution >= 4 is 29.6 Å². The summed E-state index contributed by atoms with van der Waals surface area (Å²) in [5, 5.41) is 22.2. The third-order valence-corrected chi connectivity index (χ3v) is 12.0. The summed E-state index contributed by atoms with van der Waals surface area (Å²) in [6.07, 6.45) is 5.64. The molecule has 4 heterocycles. The summed E-state index contributed by atoms with van der Waals surface area (Å²) in [4.78, 5) is 15.5. The van der Waals surface area contributed by atoms with E-state index in [-0.39, 0.29) is 0 Å². The van der Waals surface area contributed by atoms with Crippen molar-refractivity contribution in [3.05, 3.63) is 145 Å². The van der Waals surface area contributed by atoms with Gasteiger partial charge in [-0.05, 0) is 57.6 Å². The van der Waals surface area contributed by atoms with E-state index < -0.39 is 8.09 Å². The van der Waals surface area contributed by atoms with Crippen molar-refractivity contribution in [2.24, 2.45) is 0 Å². The molecule has 10 rings (SSSR count). The van der Waals surface area contributed by atoms with Gasteiger partial charge < -0.3 is 4.89 Å². The summed E-state index contributed by atoms with van der Waals surface area (Å²) in [7, 11) is -3.99. The fraction of sp³-hybridized carbons (Fsp3) is 0.143. The van der Waals surface area contributed by atoms with E-state index in [0.717, 1.165) is 56.6 Å². The van der Waals surface area contributed by atoms with Crippen molar-refractivity contribution in [3.8, 4) is 45.1 Å². The summed E-state index contributed by atoms with van der Waals surface area (Å²) in [5.74, 6) is 0.916. The minimum atomic E-state index is -3.99. The van der Waals surface area contributed by atoms with Crippen LogP contribution < -0.4 is 13.9 Å². The topological polar surface area (TPSA) is 106 Å². The SMILES string of the molecule is [O-][P+]1(N2CCCC2)Oc2c(-c3cn(Cc4ccccc4)nn3)cc3ccccc3c2-c2c(c(-c3cn(Cc4ccccc4)nn3)cc3ccccc23)O1. The van der Waals surface area contributed by atoms with Crippen LogP contribution in [0.1, 0.15) is 24.0 Å². The molecule has 0 unspecified atom stereocenters. The Balaban J connectivity index is 1.23. The second-order valence-electron chi connectivity index (χ2n) is 13.6. The van der Waals surface area contributed by atoms with Crippen molar-refractivity contribution in [1.29, 1.82) is 0 Å². The van der Waals surface area contributed by atoms with Gasteiger partial charge in [-0.15, -0.1) is 14.9 Å². The van der Waals surface area contributed by atoms with Crippen LogP contribution in [0.2, 0.25) is 0 Å². The van der Waals surface area contributed by atoms with Crippen LogP contribution in [0, 0.1) is 0 Å². The molecule has 0 spiro atoms. The Bertz CT molecular complexity index is 2450. The quantitative estimate of drug-likeness (QED) is 0.152. The number of fused-ring (bicyclic) bond motifs is 7. The van der Waals surface area contributed by atoms with Gasteiger partial charge in [-0.2, -0.15) is 0 Å². The summed E-state index contributed by atoms with van der Waals surface area (Å²) in [6, 6.07) is 40.9. The van der Waals surface area contributed by atoms with E-state index in [1.807, 2.05) is 87.1 Å². The van der Waals surface area contributed by atoms with E-state index in [4.69, 9.17) is 9.05 Å². The third-order valence-electron chi connectivity index (χ3n) is 10.1. The first kappa shape index (κ1) is 31.8. The lowest BCUT2D eigenvalue weighted by Crippen LogP contribution is -2.36. The van der Waals surface area contributed by atoms with Gasteiger partial charge in [0.15, 0.2) is 11.5 Å². The highest BCUT2D eigenvalue weighted by molar-refractivity contribution is 7.57. The van der Waals surface area contributed by atoms with Crippen LogP contribution in [0.4, 0.5) is 0 Å². The van der Waals surface area contributed by atoms with Gasteiger partial charge >= 0.3 is 8.09 Å². The summed E-state index contributed by atoms with van der Waals surface area (Å²) < 4.78 is 19.3. The van der Waals surface area contributed by atoms with E-state index in [2.05, 4.69) is 81.3 Å². The molecule has 0 radical (unpaired) electrons. The molecular weight excluding hydrogens is 681 g/mol. The predicted molar refractivity (Wildman–Crippen MR) is 205 cm³/mol. The third kappa shape index (κ3) is 5.72. The van der Waals surface area contributed by atoms with Gasteiger partial charge in [0.05, 0.1) is 36.6 Å². The Kier molecular flexibility index (Phi) is 7.75. The molecule has 11 heteroatoms. The smallest absolute Gasteiger partial charge is 0.411 e. The number of benzene rings is 6. The van der Waals surface area contributed by atoms with Crippen LogP contribution in [0.15, 0.2) is 134 Å². The molecule has 2 aliphatic heterocycles. The number of nitrogens with zero attached hydrogens (tertiary/aromatic N) is 7. The van der Waals surface area contributed by atoms with Crippen LogP contribution in [0.25, 0.3) is 55.2 Å². The van der Waals surface area contributed by atoms with Crippen molar-refractivity contribution in [3.63, 3.8) is 0 Å². The molecule has 260 valence electrons. The average Bonchev–Trinajstić information content (AvgIpc) is 3.98. The Morgan fingerprint density at radius 2 is 1.00 bits per heavy atom. The molecule has 0 amide bonds. The van der Waals surface area contributed by atoms with Gasteiger partial charge in [-0.25, -0.2) is 9.36 Å². The fourth-order valence-corrected chi connectivity index (χ4v) is 9.45. The van der Waals surface area contributed by atoms with Crippen LogP contribution >= 0.6 is 8.09 Å². The number of rotatable bonds is 7. The zero-order valence-corrected chi connectivity index (χ0v) is 29.6. The second kappa shape index (κ2) is 12.9. The lowest BCUT2D eigenvalue weighted by atomic mass is 9.88. The molecule has 1 saturated heterocycles. The minimum absolute atomic E-state index is 0.458. The van der Waals surface area contributed by atoms with Crippen molar-refractivity contribution in [2.45, 2.75) is 25.9 Å². The van der Waals surface area contributed by atoms with E-state index in [1.54, 1.807) is 0 Å². The largest absolute Gasteiger partial charge is 0.601 e. The maximum Gasteiger partial charge on any atom is 0.411 e. The molecule has 0 atom stereocenters. The van der Waals surface area contributed by atoms with E-state index in [0.29, 0.717) is 60.2 Å². The van der Waals surface area contributed by atoms with Crippen molar-refractivity contribution in [2.75, 3.05) is 13.1 Å². The van der Waals surface area contributed by atoms with Crippen LogP contribution in [0.5, 0.6) is 11.5 Å². The van der Waals surface area contributed by atoms with Gasteiger partial charge in [-0.3, -0.25) is 9.05 Å². The van der Waals surface area contributed by atoms with Gasteiger partial charge in [0.2, 0.25) is 0 Å². The normalized spacial score (nSPS) is 15.1. The standard InChI is InChI=1S/C42H34N7O3P/c50-53(49-21-11-12-22-49)51-41-35(37-27-47(45-43-37)25-29-13-3-1-4-14-29)23-31-17-7-9-19-33(31)39(41)40-34-20-10-8-18-32(34)24-36(42(40)52-53)38-28-48(46-44-38)26-30-15-5-2-6-16-30/h1-10,13-20,23-24,27-28H,11-12,21-22,25-26H2. The molecule has 1 fully saturated rings. The Labute approximate surface area is 306 Å². The van der Waals surface area contributed by atoms with E-state index >= 15 is 4.89 Å². The second-order valence-corrected chi connectivity index (χ2v) is 15.5. The maximum atomic E-state index is 15.5. The number of hydrogen-bond acceptors (Lipinski definition) is 8. The van der Waals surface area contributed by atoms with Crippen LogP contribution in [-0.4, -0.2) is 47.7 Å². The van der Waals surface area contributed by atoms with Crippen LogP contribution in [0.3, 0.4) is 0 Å². The summed E-state index contributed by atoms with van der Waals surface area (Å²) in [6.45, 7) is 2.30. The Hall–Kier alpha value is -5.93. The van der Waals surface area contributed by atoms with Crippen molar-refractivity contribution in [1.82, 2.24) is 34.7 Å². The monoisotopic (exact) mass is 715 g/mol. The molecule has 0 saturated carbocycles.